The second kappa shape index (κ2) is 5.61. The summed E-state index contributed by atoms with van der Waals surface area (Å²) >= 11 is 0. The number of hydrogen-bond acceptors (Lipinski definition) is 2. The fourth-order valence-electron chi connectivity index (χ4n) is 1.47. The Kier molecular flexibility index (Phi) is 4.43. The van der Waals surface area contributed by atoms with Gasteiger partial charge in [-0.3, -0.25) is 4.79 Å². The van der Waals surface area contributed by atoms with Crippen molar-refractivity contribution in [3.63, 3.8) is 0 Å². The van der Waals surface area contributed by atoms with Gasteiger partial charge in [-0.05, 0) is 18.6 Å². The zero-order valence-corrected chi connectivity index (χ0v) is 9.96. The van der Waals surface area contributed by atoms with Crippen molar-refractivity contribution in [1.29, 1.82) is 0 Å². The molecule has 1 rings (SSSR count). The van der Waals surface area contributed by atoms with E-state index in [-0.39, 0.29) is 11.3 Å². The first-order chi connectivity index (χ1) is 7.97. The zero-order chi connectivity index (χ0) is 13.0. The summed E-state index contributed by atoms with van der Waals surface area (Å²) < 4.78 is 26.6. The Hall–Kier alpha value is -1.65. The lowest BCUT2D eigenvalue weighted by Gasteiger charge is -2.17. The predicted octanol–water partition coefficient (Wildman–Crippen LogP) is 2.42. The monoisotopic (exact) mass is 242 g/mol. The molecule has 0 unspecified atom stereocenters. The average Bonchev–Trinajstić information content (AvgIpc) is 2.29. The van der Waals surface area contributed by atoms with Crippen molar-refractivity contribution < 1.29 is 13.6 Å². The van der Waals surface area contributed by atoms with Crippen molar-refractivity contribution in [2.24, 2.45) is 0 Å². The molecule has 1 aromatic carbocycles. The summed E-state index contributed by atoms with van der Waals surface area (Å²) in [7, 11) is 1.55. The third-order valence-electron chi connectivity index (χ3n) is 2.49. The molecule has 0 saturated carbocycles. The van der Waals surface area contributed by atoms with E-state index < -0.39 is 17.5 Å². The van der Waals surface area contributed by atoms with E-state index in [4.69, 9.17) is 5.73 Å². The molecule has 17 heavy (non-hydrogen) atoms. The minimum Gasteiger partial charge on any atom is -0.396 e. The first kappa shape index (κ1) is 13.4. The van der Waals surface area contributed by atoms with Crippen LogP contribution in [0.2, 0.25) is 0 Å². The van der Waals surface area contributed by atoms with E-state index in [1.807, 2.05) is 6.92 Å². The van der Waals surface area contributed by atoms with Gasteiger partial charge in [-0.15, -0.1) is 0 Å². The highest BCUT2D eigenvalue weighted by atomic mass is 19.1. The van der Waals surface area contributed by atoms with Gasteiger partial charge in [0.15, 0.2) is 5.82 Å². The van der Waals surface area contributed by atoms with Crippen LogP contribution in [0.4, 0.5) is 14.5 Å². The summed E-state index contributed by atoms with van der Waals surface area (Å²) in [5, 5.41) is 0. The van der Waals surface area contributed by atoms with Crippen molar-refractivity contribution in [3.05, 3.63) is 29.3 Å². The smallest absolute Gasteiger partial charge is 0.256 e. The van der Waals surface area contributed by atoms with Gasteiger partial charge in [0.25, 0.3) is 5.91 Å². The van der Waals surface area contributed by atoms with E-state index >= 15 is 0 Å². The molecule has 0 radical (unpaired) electrons. The molecular formula is C12H16F2N2O. The Bertz CT molecular complexity index is 421. The van der Waals surface area contributed by atoms with Gasteiger partial charge in [0, 0.05) is 13.6 Å². The molecule has 0 aliphatic heterocycles. The summed E-state index contributed by atoms with van der Waals surface area (Å²) in [6.45, 7) is 2.49. The summed E-state index contributed by atoms with van der Waals surface area (Å²) in [6, 6.07) is 1.73. The molecule has 0 atom stereocenters. The first-order valence-corrected chi connectivity index (χ1v) is 5.47. The number of amides is 1. The zero-order valence-electron chi connectivity index (χ0n) is 9.96. The van der Waals surface area contributed by atoms with Crippen molar-refractivity contribution in [3.8, 4) is 0 Å². The van der Waals surface area contributed by atoms with E-state index in [2.05, 4.69) is 0 Å². The van der Waals surface area contributed by atoms with Crippen molar-refractivity contribution in [1.82, 2.24) is 4.90 Å². The van der Waals surface area contributed by atoms with Crippen molar-refractivity contribution >= 4 is 11.6 Å². The van der Waals surface area contributed by atoms with Gasteiger partial charge in [0.1, 0.15) is 5.82 Å². The van der Waals surface area contributed by atoms with Crippen LogP contribution < -0.4 is 5.73 Å². The number of nitrogen functional groups attached to an aromatic ring is 1. The van der Waals surface area contributed by atoms with Crippen LogP contribution >= 0.6 is 0 Å². The van der Waals surface area contributed by atoms with Gasteiger partial charge < -0.3 is 10.6 Å². The molecule has 0 aromatic heterocycles. The van der Waals surface area contributed by atoms with Crippen LogP contribution in [0.5, 0.6) is 0 Å². The van der Waals surface area contributed by atoms with Crippen LogP contribution in [0, 0.1) is 11.6 Å². The molecular weight excluding hydrogens is 226 g/mol. The lowest BCUT2D eigenvalue weighted by molar-refractivity contribution is 0.0788. The summed E-state index contributed by atoms with van der Waals surface area (Å²) in [6.07, 6.45) is 1.74. The molecule has 94 valence electrons. The number of nitrogens with two attached hydrogens (primary N) is 1. The molecule has 5 heteroatoms. The number of halogens is 2. The molecule has 0 saturated heterocycles. The first-order valence-electron chi connectivity index (χ1n) is 5.47. The maximum absolute atomic E-state index is 13.6. The second-order valence-electron chi connectivity index (χ2n) is 3.94. The minimum absolute atomic E-state index is 0.318. The van der Waals surface area contributed by atoms with E-state index in [9.17, 15) is 13.6 Å². The standard InChI is InChI=1S/C12H16F2N2O/c1-3-4-5-16(2)12(17)9-6-8(13)7-10(15)11(9)14/h6-7H,3-5,15H2,1-2H3. The molecule has 0 spiro atoms. The fourth-order valence-corrected chi connectivity index (χ4v) is 1.47. The van der Waals surface area contributed by atoms with Crippen LogP contribution in [0.15, 0.2) is 12.1 Å². The number of anilines is 1. The lowest BCUT2D eigenvalue weighted by atomic mass is 10.1. The van der Waals surface area contributed by atoms with Gasteiger partial charge in [-0.25, -0.2) is 8.78 Å². The number of carbonyl (C=O) groups is 1. The Morgan fingerprint density at radius 1 is 1.41 bits per heavy atom. The molecule has 1 aromatic rings. The van der Waals surface area contributed by atoms with Gasteiger partial charge >= 0.3 is 0 Å². The van der Waals surface area contributed by atoms with E-state index in [0.29, 0.717) is 6.54 Å². The third kappa shape index (κ3) is 3.15. The minimum atomic E-state index is -0.861. The largest absolute Gasteiger partial charge is 0.396 e. The maximum Gasteiger partial charge on any atom is 0.256 e. The number of nitrogens with zero attached hydrogens (tertiary/aromatic N) is 1. The Labute approximate surface area is 99.2 Å². The Morgan fingerprint density at radius 2 is 2.06 bits per heavy atom. The molecule has 0 aliphatic carbocycles. The Balaban J connectivity index is 2.96. The van der Waals surface area contributed by atoms with Gasteiger partial charge in [0.05, 0.1) is 11.3 Å². The van der Waals surface area contributed by atoms with E-state index in [0.717, 1.165) is 25.0 Å². The number of hydrogen-bond donors (Lipinski definition) is 1. The SMILES string of the molecule is CCCCN(C)C(=O)c1cc(F)cc(N)c1F. The highest BCUT2D eigenvalue weighted by Crippen LogP contribution is 2.18. The molecule has 0 bridgehead atoms. The highest BCUT2D eigenvalue weighted by Gasteiger charge is 2.19. The quantitative estimate of drug-likeness (QED) is 0.824. The third-order valence-corrected chi connectivity index (χ3v) is 2.49. The second-order valence-corrected chi connectivity index (χ2v) is 3.94. The fraction of sp³-hybridized carbons (Fsp3) is 0.417. The van der Waals surface area contributed by atoms with Gasteiger partial charge in [0.2, 0.25) is 0 Å². The number of unbranched alkanes of at least 4 members (excludes halogenated alkanes) is 1. The number of benzene rings is 1. The molecule has 1 amide bonds. The van der Waals surface area contributed by atoms with Crippen LogP contribution in [0.25, 0.3) is 0 Å². The Morgan fingerprint density at radius 3 is 2.65 bits per heavy atom. The highest BCUT2D eigenvalue weighted by molar-refractivity contribution is 5.95. The van der Waals surface area contributed by atoms with Gasteiger partial charge in [-0.2, -0.15) is 0 Å². The molecule has 3 nitrogen and oxygen atoms in total. The van der Waals surface area contributed by atoms with Crippen molar-refractivity contribution in [2.75, 3.05) is 19.3 Å². The lowest BCUT2D eigenvalue weighted by Crippen LogP contribution is -2.28. The summed E-state index contributed by atoms with van der Waals surface area (Å²) in [4.78, 5) is 13.2. The summed E-state index contributed by atoms with van der Waals surface area (Å²) in [5.74, 6) is -2.13. The van der Waals surface area contributed by atoms with E-state index in [1.165, 1.54) is 4.90 Å². The topological polar surface area (TPSA) is 46.3 Å². The maximum atomic E-state index is 13.6. The molecule has 0 heterocycles. The van der Waals surface area contributed by atoms with Crippen LogP contribution in [0.1, 0.15) is 30.1 Å². The molecule has 0 aliphatic rings. The van der Waals surface area contributed by atoms with Crippen molar-refractivity contribution in [2.45, 2.75) is 19.8 Å². The number of rotatable bonds is 4. The average molecular weight is 242 g/mol. The van der Waals surface area contributed by atoms with Crippen LogP contribution in [-0.4, -0.2) is 24.4 Å². The normalized spacial score (nSPS) is 10.4. The summed E-state index contributed by atoms with van der Waals surface area (Å²) in [5.41, 5.74) is 4.61. The van der Waals surface area contributed by atoms with Crippen LogP contribution in [-0.2, 0) is 0 Å². The van der Waals surface area contributed by atoms with Gasteiger partial charge in [-0.1, -0.05) is 13.3 Å². The predicted molar refractivity (Wildman–Crippen MR) is 62.6 cm³/mol. The van der Waals surface area contributed by atoms with Crippen LogP contribution in [0.3, 0.4) is 0 Å². The number of carbonyl (C=O) groups excluding carboxylic acids is 1. The molecule has 0 fully saturated rings. The van der Waals surface area contributed by atoms with E-state index in [1.54, 1.807) is 7.05 Å². The molecule has 2 N–H and O–H groups in total.